The summed E-state index contributed by atoms with van der Waals surface area (Å²) in [6.45, 7) is 1.04. The summed E-state index contributed by atoms with van der Waals surface area (Å²) in [7, 11) is 0. The van der Waals surface area contributed by atoms with Crippen LogP contribution in [0.3, 0.4) is 0 Å². The average Bonchev–Trinajstić information content (AvgIpc) is 3.16. The fourth-order valence-electron chi connectivity index (χ4n) is 2.66. The van der Waals surface area contributed by atoms with Gasteiger partial charge in [0.15, 0.2) is 0 Å². The first kappa shape index (κ1) is 11.3. The summed E-state index contributed by atoms with van der Waals surface area (Å²) in [4.78, 5) is 0. The minimum atomic E-state index is 1.04. The molecule has 0 unspecified atom stereocenters. The minimum Gasteiger partial charge on any atom is -0.384 e. The van der Waals surface area contributed by atoms with E-state index in [1.165, 1.54) is 16.8 Å². The third kappa shape index (κ3) is 1.88. The number of hydrogen-bond donors (Lipinski definition) is 1. The molecule has 0 saturated carbocycles. The second-order valence-corrected chi connectivity index (χ2v) is 5.06. The molecule has 1 aromatic heterocycles. The zero-order chi connectivity index (χ0) is 13.4. The van der Waals surface area contributed by atoms with E-state index >= 15 is 0 Å². The normalized spacial score (nSPS) is 13.0. The van der Waals surface area contributed by atoms with Gasteiger partial charge < -0.3 is 5.32 Å². The Morgan fingerprint density at radius 2 is 1.90 bits per heavy atom. The smallest absolute Gasteiger partial charge is 0.0645 e. The second kappa shape index (κ2) is 4.53. The monoisotopic (exact) mass is 261 g/mol. The van der Waals surface area contributed by atoms with Gasteiger partial charge in [0.25, 0.3) is 0 Å². The topological polar surface area (TPSA) is 29.9 Å². The molecule has 20 heavy (non-hydrogen) atoms. The minimum absolute atomic E-state index is 1.04. The molecule has 0 bridgehead atoms. The zero-order valence-electron chi connectivity index (χ0n) is 11.1. The number of aromatic nitrogens is 2. The maximum absolute atomic E-state index is 4.45. The van der Waals surface area contributed by atoms with E-state index in [4.69, 9.17) is 0 Å². The van der Waals surface area contributed by atoms with Crippen molar-refractivity contribution in [3.63, 3.8) is 0 Å². The Hall–Kier alpha value is -2.55. The van der Waals surface area contributed by atoms with Crippen LogP contribution in [0.2, 0.25) is 0 Å². The molecule has 3 heteroatoms. The van der Waals surface area contributed by atoms with Crippen LogP contribution < -0.4 is 5.32 Å². The molecule has 0 spiro atoms. The van der Waals surface area contributed by atoms with Gasteiger partial charge in [-0.15, -0.1) is 0 Å². The number of nitrogens with zero attached hydrogens (tertiary/aromatic N) is 2. The third-order valence-electron chi connectivity index (χ3n) is 3.76. The summed E-state index contributed by atoms with van der Waals surface area (Å²) in [6, 6.07) is 16.8. The summed E-state index contributed by atoms with van der Waals surface area (Å²) in [5, 5.41) is 7.87. The molecule has 2 aromatic carbocycles. The summed E-state index contributed by atoms with van der Waals surface area (Å²) in [6.07, 6.45) is 5.12. The lowest BCUT2D eigenvalue weighted by Crippen LogP contribution is -1.92. The third-order valence-corrected chi connectivity index (χ3v) is 3.76. The Morgan fingerprint density at radius 3 is 2.80 bits per heavy atom. The number of fused-ring (bicyclic) bond motifs is 1. The van der Waals surface area contributed by atoms with Gasteiger partial charge in [-0.3, -0.25) is 0 Å². The van der Waals surface area contributed by atoms with E-state index in [1.54, 1.807) is 0 Å². The highest BCUT2D eigenvalue weighted by Gasteiger charge is 2.11. The Kier molecular flexibility index (Phi) is 2.56. The predicted octanol–water partition coefficient (Wildman–Crippen LogP) is 3.51. The van der Waals surface area contributed by atoms with Gasteiger partial charge >= 0.3 is 0 Å². The fraction of sp³-hybridized carbons (Fsp3) is 0.118. The van der Waals surface area contributed by atoms with Crippen LogP contribution in [0, 0.1) is 0 Å². The summed E-state index contributed by atoms with van der Waals surface area (Å²) in [5.74, 6) is 0. The fourth-order valence-corrected chi connectivity index (χ4v) is 2.66. The van der Waals surface area contributed by atoms with Crippen LogP contribution in [0.1, 0.15) is 5.56 Å². The summed E-state index contributed by atoms with van der Waals surface area (Å²) in [5.41, 5.74) is 6.10. The summed E-state index contributed by atoms with van der Waals surface area (Å²) < 4.78 is 1.91. The highest BCUT2D eigenvalue weighted by atomic mass is 15.3. The molecule has 1 aliphatic rings. The van der Waals surface area contributed by atoms with E-state index in [9.17, 15) is 0 Å². The molecular formula is C17H15N3. The van der Waals surface area contributed by atoms with E-state index in [1.807, 2.05) is 29.1 Å². The molecule has 0 aliphatic carbocycles. The van der Waals surface area contributed by atoms with Crippen molar-refractivity contribution in [2.24, 2.45) is 0 Å². The SMILES string of the molecule is c1ccc(-n2cc(-c3ccc4c(c3)NCC4)cn2)cc1. The van der Waals surface area contributed by atoms with Gasteiger partial charge in [0.1, 0.15) is 0 Å². The molecule has 0 amide bonds. The standard InChI is InChI=1S/C17H15N3/c1-2-4-16(5-3-1)20-12-15(11-19-20)14-7-6-13-8-9-18-17(13)10-14/h1-7,10-12,18H,8-9H2. The number of anilines is 1. The van der Waals surface area contributed by atoms with Crippen molar-refractivity contribution in [1.29, 1.82) is 0 Å². The quantitative estimate of drug-likeness (QED) is 0.765. The molecule has 4 rings (SSSR count). The van der Waals surface area contributed by atoms with Crippen LogP contribution in [0.5, 0.6) is 0 Å². The van der Waals surface area contributed by atoms with E-state index in [0.29, 0.717) is 0 Å². The number of nitrogens with one attached hydrogen (secondary N) is 1. The highest BCUT2D eigenvalue weighted by molar-refractivity contribution is 5.70. The molecule has 0 saturated heterocycles. The molecule has 0 atom stereocenters. The highest BCUT2D eigenvalue weighted by Crippen LogP contribution is 2.29. The Bertz CT molecular complexity index is 744. The van der Waals surface area contributed by atoms with Crippen molar-refractivity contribution >= 4 is 5.69 Å². The van der Waals surface area contributed by atoms with Crippen molar-refractivity contribution in [2.45, 2.75) is 6.42 Å². The maximum Gasteiger partial charge on any atom is 0.0645 e. The number of benzene rings is 2. The van der Waals surface area contributed by atoms with Gasteiger partial charge in [0.05, 0.1) is 11.9 Å². The van der Waals surface area contributed by atoms with Crippen LogP contribution >= 0.6 is 0 Å². The predicted molar refractivity (Wildman–Crippen MR) is 81.2 cm³/mol. The van der Waals surface area contributed by atoms with Crippen LogP contribution in [0.25, 0.3) is 16.8 Å². The molecule has 1 N–H and O–H groups in total. The number of rotatable bonds is 2. The molecular weight excluding hydrogens is 246 g/mol. The maximum atomic E-state index is 4.45. The van der Waals surface area contributed by atoms with Gasteiger partial charge in [0.2, 0.25) is 0 Å². The average molecular weight is 261 g/mol. The van der Waals surface area contributed by atoms with E-state index in [2.05, 4.69) is 46.9 Å². The zero-order valence-corrected chi connectivity index (χ0v) is 11.1. The lowest BCUT2D eigenvalue weighted by atomic mass is 10.1. The molecule has 0 radical (unpaired) electrons. The van der Waals surface area contributed by atoms with Gasteiger partial charge in [-0.1, -0.05) is 30.3 Å². The van der Waals surface area contributed by atoms with Gasteiger partial charge in [-0.05, 0) is 35.7 Å². The van der Waals surface area contributed by atoms with Crippen molar-refractivity contribution in [3.8, 4) is 16.8 Å². The van der Waals surface area contributed by atoms with Crippen molar-refractivity contribution in [1.82, 2.24) is 9.78 Å². The molecule has 0 fully saturated rings. The lowest BCUT2D eigenvalue weighted by Gasteiger charge is -2.03. The van der Waals surface area contributed by atoms with Gasteiger partial charge in [-0.25, -0.2) is 4.68 Å². The van der Waals surface area contributed by atoms with Crippen molar-refractivity contribution in [2.75, 3.05) is 11.9 Å². The van der Waals surface area contributed by atoms with Gasteiger partial charge in [0, 0.05) is 24.0 Å². The first-order chi connectivity index (χ1) is 9.90. The van der Waals surface area contributed by atoms with Crippen LogP contribution in [-0.2, 0) is 6.42 Å². The molecule has 3 nitrogen and oxygen atoms in total. The molecule has 98 valence electrons. The number of para-hydroxylation sites is 1. The Labute approximate surface area is 117 Å². The van der Waals surface area contributed by atoms with Crippen molar-refractivity contribution < 1.29 is 0 Å². The Balaban J connectivity index is 1.72. The van der Waals surface area contributed by atoms with Gasteiger partial charge in [-0.2, -0.15) is 5.10 Å². The van der Waals surface area contributed by atoms with E-state index in [-0.39, 0.29) is 0 Å². The number of hydrogen-bond acceptors (Lipinski definition) is 2. The Morgan fingerprint density at radius 1 is 1.00 bits per heavy atom. The molecule has 3 aromatic rings. The second-order valence-electron chi connectivity index (χ2n) is 5.06. The van der Waals surface area contributed by atoms with E-state index < -0.39 is 0 Å². The summed E-state index contributed by atoms with van der Waals surface area (Å²) >= 11 is 0. The molecule has 2 heterocycles. The van der Waals surface area contributed by atoms with Crippen molar-refractivity contribution in [3.05, 3.63) is 66.5 Å². The van der Waals surface area contributed by atoms with Crippen LogP contribution in [0.4, 0.5) is 5.69 Å². The van der Waals surface area contributed by atoms with Crippen LogP contribution in [-0.4, -0.2) is 16.3 Å². The molecule has 1 aliphatic heterocycles. The first-order valence-corrected chi connectivity index (χ1v) is 6.87. The first-order valence-electron chi connectivity index (χ1n) is 6.87. The largest absolute Gasteiger partial charge is 0.384 e. The van der Waals surface area contributed by atoms with Crippen LogP contribution in [0.15, 0.2) is 60.9 Å². The lowest BCUT2D eigenvalue weighted by molar-refractivity contribution is 0.881. The van der Waals surface area contributed by atoms with E-state index in [0.717, 1.165) is 24.2 Å².